The summed E-state index contributed by atoms with van der Waals surface area (Å²) in [6.07, 6.45) is 6.00. The van der Waals surface area contributed by atoms with Crippen LogP contribution in [0.2, 0.25) is 0 Å². The van der Waals surface area contributed by atoms with Crippen LogP contribution < -0.4 is 9.47 Å². The number of hydrogen-bond donors (Lipinski definition) is 0. The van der Waals surface area contributed by atoms with E-state index in [4.69, 9.17) is 19.5 Å². The van der Waals surface area contributed by atoms with Crippen LogP contribution in [0.1, 0.15) is 50.7 Å². The number of halogens is 2. The zero-order chi connectivity index (χ0) is 33.3. The summed E-state index contributed by atoms with van der Waals surface area (Å²) in [5, 5.41) is 0. The summed E-state index contributed by atoms with van der Waals surface area (Å²) >= 11 is 0. The maximum atomic E-state index is 15.2. The first-order chi connectivity index (χ1) is 23.6. The number of aromatic nitrogens is 1. The van der Waals surface area contributed by atoms with E-state index in [0.717, 1.165) is 58.2 Å². The highest BCUT2D eigenvalue weighted by atomic mass is 19.2. The fourth-order valence-corrected chi connectivity index (χ4v) is 5.56. The Balaban J connectivity index is 1.46. The molecule has 2 heterocycles. The van der Waals surface area contributed by atoms with Gasteiger partial charge in [0.1, 0.15) is 17.3 Å². The third-order valence-corrected chi connectivity index (χ3v) is 8.17. The second kappa shape index (κ2) is 15.6. The first kappa shape index (κ1) is 32.7. The molecule has 1 aliphatic heterocycles. The van der Waals surface area contributed by atoms with Crippen LogP contribution in [-0.2, 0) is 0 Å². The second-order valence-corrected chi connectivity index (χ2v) is 11.6. The molecule has 0 unspecified atom stereocenters. The quantitative estimate of drug-likeness (QED) is 0.0895. The predicted molar refractivity (Wildman–Crippen MR) is 194 cm³/mol. The minimum absolute atomic E-state index is 0.135. The molecule has 1 aromatic heterocycles. The fraction of sp³-hybridized carbons (Fsp3) is 0.200. The number of nitrogens with zero attached hydrogens (tertiary/aromatic N) is 3. The van der Waals surface area contributed by atoms with Gasteiger partial charge in [0.25, 0.3) is 0 Å². The van der Waals surface area contributed by atoms with Gasteiger partial charge in [-0.3, -0.25) is 8.63 Å². The number of hydrogen-bond acceptors (Lipinski definition) is 3. The molecule has 48 heavy (non-hydrogen) atoms. The van der Waals surface area contributed by atoms with Gasteiger partial charge in [0.2, 0.25) is 0 Å². The lowest BCUT2D eigenvalue weighted by molar-refractivity contribution is 0.309. The van der Waals surface area contributed by atoms with E-state index in [1.54, 1.807) is 6.07 Å². The Labute approximate surface area is 281 Å². The first-order valence-electron chi connectivity index (χ1n) is 16.6. The summed E-state index contributed by atoms with van der Waals surface area (Å²) in [6.45, 7) is 5.51. The minimum atomic E-state index is -2.86. The predicted octanol–water partition coefficient (Wildman–Crippen LogP) is 10.6. The van der Waals surface area contributed by atoms with Crippen LogP contribution >= 0.6 is 0 Å². The molecular weight excluding hydrogens is 603 g/mol. The average molecular weight is 642 g/mol. The maximum absolute atomic E-state index is 15.2. The highest BCUT2D eigenvalue weighted by molar-refractivity contribution is 6.43. The fourth-order valence-electron chi connectivity index (χ4n) is 5.56. The molecule has 242 valence electrons. The van der Waals surface area contributed by atoms with Crippen LogP contribution in [0, 0.1) is 0 Å². The van der Waals surface area contributed by atoms with Crippen LogP contribution in [0.4, 0.5) is 14.4 Å². The van der Waals surface area contributed by atoms with Crippen molar-refractivity contribution >= 4 is 30.3 Å². The van der Waals surface area contributed by atoms with E-state index in [1.807, 2.05) is 115 Å². The molecule has 5 nitrogen and oxygen atoms in total. The van der Waals surface area contributed by atoms with E-state index in [-0.39, 0.29) is 5.82 Å². The lowest BCUT2D eigenvalue weighted by Crippen LogP contribution is -2.14. The molecule has 5 aromatic rings. The van der Waals surface area contributed by atoms with E-state index in [2.05, 4.69) is 13.8 Å². The molecule has 0 aliphatic carbocycles. The van der Waals surface area contributed by atoms with Gasteiger partial charge in [-0.25, -0.2) is 9.98 Å². The zero-order valence-corrected chi connectivity index (χ0v) is 27.3. The molecule has 0 bridgehead atoms. The van der Waals surface area contributed by atoms with Crippen molar-refractivity contribution < 1.29 is 18.1 Å². The second-order valence-electron chi connectivity index (χ2n) is 11.6. The largest absolute Gasteiger partial charge is 0.679 e. The summed E-state index contributed by atoms with van der Waals surface area (Å²) in [7, 11) is -2.86. The van der Waals surface area contributed by atoms with Crippen LogP contribution in [-0.4, -0.2) is 36.6 Å². The average Bonchev–Trinajstić information content (AvgIpc) is 3.72. The highest BCUT2D eigenvalue weighted by Gasteiger charge is 2.30. The van der Waals surface area contributed by atoms with E-state index < -0.39 is 7.40 Å². The van der Waals surface area contributed by atoms with E-state index in [9.17, 15) is 0 Å². The molecule has 8 heteroatoms. The van der Waals surface area contributed by atoms with Crippen molar-refractivity contribution in [2.45, 2.75) is 39.5 Å². The monoisotopic (exact) mass is 641 g/mol. The van der Waals surface area contributed by atoms with Crippen molar-refractivity contribution in [3.63, 3.8) is 0 Å². The number of allylic oxidation sites excluding steroid dienone is 1. The van der Waals surface area contributed by atoms with Gasteiger partial charge in [-0.05, 0) is 90.2 Å². The Morgan fingerprint density at radius 1 is 0.667 bits per heavy atom. The van der Waals surface area contributed by atoms with Crippen LogP contribution in [0.25, 0.3) is 28.0 Å². The summed E-state index contributed by atoms with van der Waals surface area (Å²) in [5.74, 6) is 2.00. The third kappa shape index (κ3) is 7.49. The molecule has 4 aromatic carbocycles. The molecular formula is C40H38BF2N3O2. The Bertz CT molecular complexity index is 1900. The molecule has 1 aliphatic rings. The number of rotatable bonds is 14. The molecule has 0 saturated carbocycles. The SMILES string of the molecule is CCCCOc1ccc(C2=NC(=Nc3c(-c4ccccc4)cc(-c4ccc(OCCCC)cc4)n3B(F)F)C(c3ccccc3)=C2)cc1. The van der Waals surface area contributed by atoms with E-state index in [0.29, 0.717) is 47.3 Å². The summed E-state index contributed by atoms with van der Waals surface area (Å²) in [5.41, 5.74) is 5.59. The van der Waals surface area contributed by atoms with Crippen molar-refractivity contribution in [3.05, 3.63) is 132 Å². The Morgan fingerprint density at radius 2 is 1.21 bits per heavy atom. The lowest BCUT2D eigenvalue weighted by Gasteiger charge is -2.11. The van der Waals surface area contributed by atoms with Gasteiger partial charge < -0.3 is 14.0 Å². The van der Waals surface area contributed by atoms with Crippen molar-refractivity contribution in [1.82, 2.24) is 4.48 Å². The van der Waals surface area contributed by atoms with Gasteiger partial charge in [0, 0.05) is 22.4 Å². The van der Waals surface area contributed by atoms with Gasteiger partial charge >= 0.3 is 7.40 Å². The molecule has 0 N–H and O–H groups in total. The molecule has 0 fully saturated rings. The summed E-state index contributed by atoms with van der Waals surface area (Å²) in [6, 6.07) is 36.2. The van der Waals surface area contributed by atoms with Gasteiger partial charge in [-0.1, -0.05) is 87.4 Å². The van der Waals surface area contributed by atoms with Gasteiger partial charge in [0.05, 0.1) is 18.9 Å². The van der Waals surface area contributed by atoms with Crippen molar-refractivity contribution in [1.29, 1.82) is 0 Å². The number of unbranched alkanes of at least 4 members (excludes halogenated alkanes) is 2. The lowest BCUT2D eigenvalue weighted by atomic mass is 10.0. The minimum Gasteiger partial charge on any atom is -0.494 e. The van der Waals surface area contributed by atoms with Crippen molar-refractivity contribution in [2.75, 3.05) is 13.2 Å². The van der Waals surface area contributed by atoms with Crippen molar-refractivity contribution in [2.24, 2.45) is 9.98 Å². The summed E-state index contributed by atoms with van der Waals surface area (Å²) < 4.78 is 43.0. The number of amidine groups is 1. The molecule has 0 radical (unpaired) electrons. The smallest absolute Gasteiger partial charge is 0.494 e. The molecule has 0 saturated heterocycles. The molecule has 0 amide bonds. The number of ether oxygens (including phenoxy) is 2. The Morgan fingerprint density at radius 3 is 1.75 bits per heavy atom. The Kier molecular flexibility index (Phi) is 10.6. The highest BCUT2D eigenvalue weighted by Crippen LogP contribution is 2.40. The Hall–Kier alpha value is -5.24. The summed E-state index contributed by atoms with van der Waals surface area (Å²) in [4.78, 5) is 9.90. The normalized spacial score (nSPS) is 13.4. The van der Waals surface area contributed by atoms with Crippen LogP contribution in [0.15, 0.2) is 131 Å². The first-order valence-corrected chi connectivity index (χ1v) is 16.6. The van der Waals surface area contributed by atoms with Gasteiger partial charge in [-0.15, -0.1) is 0 Å². The standard InChI is InChI=1S/C40H38BF2N3O2/c1-3-5-25-47-33-21-17-31(18-22-33)37-27-35(29-13-9-7-10-14-29)39(44-37)45-40-36(30-15-11-8-12-16-30)28-38(46(40)41(42)43)32-19-23-34(24-20-32)48-26-6-4-2/h7-24,27-28H,3-6,25-26H2,1-2H3. The topological polar surface area (TPSA) is 48.1 Å². The van der Waals surface area contributed by atoms with Gasteiger partial charge in [0.15, 0.2) is 5.84 Å². The van der Waals surface area contributed by atoms with Crippen LogP contribution in [0.5, 0.6) is 11.5 Å². The van der Waals surface area contributed by atoms with Gasteiger partial charge in [-0.2, -0.15) is 0 Å². The van der Waals surface area contributed by atoms with Crippen molar-refractivity contribution in [3.8, 4) is 33.9 Å². The van der Waals surface area contributed by atoms with E-state index in [1.165, 1.54) is 0 Å². The van der Waals surface area contributed by atoms with Crippen LogP contribution in [0.3, 0.4) is 0 Å². The third-order valence-electron chi connectivity index (χ3n) is 8.17. The maximum Gasteiger partial charge on any atom is 0.679 e. The molecule has 0 atom stereocenters. The molecule has 6 rings (SSSR count). The number of aliphatic imine (C=N–C) groups is 2. The zero-order valence-electron chi connectivity index (χ0n) is 27.3. The molecule has 0 spiro atoms. The number of benzene rings is 4. The van der Waals surface area contributed by atoms with E-state index >= 15 is 8.63 Å².